The third kappa shape index (κ3) is 7.45. The average molecular weight is 496 g/mol. The van der Waals surface area contributed by atoms with Crippen LogP contribution in [0.15, 0.2) is 66.7 Å². The van der Waals surface area contributed by atoms with E-state index >= 15 is 0 Å². The summed E-state index contributed by atoms with van der Waals surface area (Å²) in [6.07, 6.45) is 0.0105. The molecule has 3 amide bonds. The van der Waals surface area contributed by atoms with E-state index in [2.05, 4.69) is 16.2 Å². The Kier molecular flexibility index (Phi) is 8.82. The quantitative estimate of drug-likeness (QED) is 0.390. The zero-order valence-electron chi connectivity index (χ0n) is 20.0. The fourth-order valence-electron chi connectivity index (χ4n) is 3.02. The number of halogens is 1. The molecule has 0 fully saturated rings. The second-order valence-electron chi connectivity index (χ2n) is 7.81. The maximum absolute atomic E-state index is 13.0. The topological polar surface area (TPSA) is 115 Å². The molecule has 0 unspecified atom stereocenters. The van der Waals surface area contributed by atoms with Crippen LogP contribution in [-0.2, 0) is 4.79 Å². The first-order valence-electron chi connectivity index (χ1n) is 11.0. The van der Waals surface area contributed by atoms with Crippen molar-refractivity contribution in [2.24, 2.45) is 0 Å². The zero-order valence-corrected chi connectivity index (χ0v) is 20.0. The van der Waals surface area contributed by atoms with E-state index < -0.39 is 23.5 Å². The highest BCUT2D eigenvalue weighted by molar-refractivity contribution is 5.99. The number of nitrogens with one attached hydrogen (secondary N) is 3. The molecule has 3 aromatic carbocycles. The van der Waals surface area contributed by atoms with Crippen LogP contribution in [0.3, 0.4) is 0 Å². The van der Waals surface area contributed by atoms with Gasteiger partial charge in [-0.3, -0.25) is 25.2 Å². The van der Waals surface area contributed by atoms with Crippen LogP contribution in [0, 0.1) is 5.82 Å². The van der Waals surface area contributed by atoms with Crippen molar-refractivity contribution in [2.45, 2.75) is 20.0 Å². The molecule has 9 nitrogen and oxygen atoms in total. The van der Waals surface area contributed by atoms with E-state index in [-0.39, 0.29) is 29.8 Å². The lowest BCUT2D eigenvalue weighted by Crippen LogP contribution is -2.41. The van der Waals surface area contributed by atoms with Gasteiger partial charge >= 0.3 is 0 Å². The molecular weight excluding hydrogens is 469 g/mol. The Morgan fingerprint density at radius 2 is 1.44 bits per heavy atom. The van der Waals surface area contributed by atoms with E-state index in [1.54, 1.807) is 24.3 Å². The molecule has 0 atom stereocenters. The van der Waals surface area contributed by atoms with Crippen LogP contribution >= 0.6 is 0 Å². The summed E-state index contributed by atoms with van der Waals surface area (Å²) in [7, 11) is 1.39. The molecule has 10 heteroatoms. The molecule has 0 spiro atoms. The summed E-state index contributed by atoms with van der Waals surface area (Å²) in [5.74, 6) is -0.880. The monoisotopic (exact) mass is 495 g/mol. The van der Waals surface area contributed by atoms with Crippen LogP contribution in [0.4, 0.5) is 10.1 Å². The molecule has 0 aliphatic carbocycles. The third-order valence-electron chi connectivity index (χ3n) is 4.69. The smallest absolute Gasteiger partial charge is 0.269 e. The molecule has 0 saturated heterocycles. The Labute approximate surface area is 207 Å². The maximum atomic E-state index is 13.0. The van der Waals surface area contributed by atoms with Crippen molar-refractivity contribution in [3.05, 3.63) is 83.7 Å². The zero-order chi connectivity index (χ0) is 26.1. The number of carbonyl (C=O) groups excluding carboxylic acids is 3. The molecule has 36 heavy (non-hydrogen) atoms. The number of hydrogen-bond acceptors (Lipinski definition) is 6. The number of methoxy groups -OCH3 is 1. The van der Waals surface area contributed by atoms with Gasteiger partial charge in [0.15, 0.2) is 18.1 Å². The molecule has 0 saturated carbocycles. The van der Waals surface area contributed by atoms with Crippen molar-refractivity contribution in [2.75, 3.05) is 19.0 Å². The average Bonchev–Trinajstić information content (AvgIpc) is 2.87. The van der Waals surface area contributed by atoms with Crippen LogP contribution in [-0.4, -0.2) is 37.5 Å². The summed E-state index contributed by atoms with van der Waals surface area (Å²) in [6.45, 7) is 3.46. The maximum Gasteiger partial charge on any atom is 0.269 e. The van der Waals surface area contributed by atoms with Gasteiger partial charge < -0.3 is 19.5 Å². The molecule has 0 aliphatic rings. The van der Waals surface area contributed by atoms with Gasteiger partial charge in [-0.15, -0.1) is 0 Å². The van der Waals surface area contributed by atoms with Gasteiger partial charge in [-0.25, -0.2) is 4.39 Å². The molecule has 0 bridgehead atoms. The number of rotatable bonds is 9. The van der Waals surface area contributed by atoms with E-state index in [9.17, 15) is 18.8 Å². The number of ether oxygens (including phenoxy) is 3. The van der Waals surface area contributed by atoms with E-state index in [1.807, 2.05) is 13.8 Å². The minimum Gasteiger partial charge on any atom is -0.493 e. The first-order valence-corrected chi connectivity index (χ1v) is 11.0. The molecule has 0 aliphatic heterocycles. The van der Waals surface area contributed by atoms with Gasteiger partial charge in [0.1, 0.15) is 11.6 Å². The molecule has 0 radical (unpaired) electrons. The largest absolute Gasteiger partial charge is 0.493 e. The van der Waals surface area contributed by atoms with Gasteiger partial charge in [0, 0.05) is 16.8 Å². The molecule has 188 valence electrons. The van der Waals surface area contributed by atoms with E-state index in [0.29, 0.717) is 17.0 Å². The van der Waals surface area contributed by atoms with Crippen molar-refractivity contribution in [3.8, 4) is 17.2 Å². The van der Waals surface area contributed by atoms with Crippen molar-refractivity contribution < 1.29 is 33.0 Å². The number of hydrazine groups is 1. The second-order valence-corrected chi connectivity index (χ2v) is 7.81. The van der Waals surface area contributed by atoms with Gasteiger partial charge in [-0.05, 0) is 80.6 Å². The van der Waals surface area contributed by atoms with Crippen molar-refractivity contribution in [3.63, 3.8) is 0 Å². The summed E-state index contributed by atoms with van der Waals surface area (Å²) in [5.41, 5.74) is 5.64. The van der Waals surface area contributed by atoms with Gasteiger partial charge in [0.05, 0.1) is 13.2 Å². The highest BCUT2D eigenvalue weighted by Gasteiger charge is 2.14. The molecule has 0 heterocycles. The second kappa shape index (κ2) is 12.2. The Hall–Kier alpha value is -4.60. The number of benzene rings is 3. The van der Waals surface area contributed by atoms with Crippen LogP contribution in [0.2, 0.25) is 0 Å². The highest BCUT2D eigenvalue weighted by atomic mass is 19.1. The number of anilines is 1. The predicted octanol–water partition coefficient (Wildman–Crippen LogP) is 3.71. The minimum absolute atomic E-state index is 0.0105. The van der Waals surface area contributed by atoms with Gasteiger partial charge in [-0.2, -0.15) is 0 Å². The van der Waals surface area contributed by atoms with Crippen LogP contribution in [0.1, 0.15) is 34.6 Å². The number of amides is 3. The molecule has 3 rings (SSSR count). The SMILES string of the molecule is COc1cc(C(=O)NNC(=O)c2ccc(OC(C)C)cc2)ccc1OCC(=O)Nc1ccc(F)cc1. The first kappa shape index (κ1) is 26.0. The Morgan fingerprint density at radius 3 is 2.06 bits per heavy atom. The number of carbonyl (C=O) groups is 3. The van der Waals surface area contributed by atoms with Crippen LogP contribution < -0.4 is 30.4 Å². The fourth-order valence-corrected chi connectivity index (χ4v) is 3.02. The fraction of sp³-hybridized carbons (Fsp3) is 0.192. The lowest BCUT2D eigenvalue weighted by atomic mass is 10.2. The molecule has 3 N–H and O–H groups in total. The van der Waals surface area contributed by atoms with Gasteiger partial charge in [0.25, 0.3) is 17.7 Å². The lowest BCUT2D eigenvalue weighted by Gasteiger charge is -2.13. The number of hydrogen-bond donors (Lipinski definition) is 3. The van der Waals surface area contributed by atoms with Crippen molar-refractivity contribution in [1.29, 1.82) is 0 Å². The van der Waals surface area contributed by atoms with Crippen LogP contribution in [0.25, 0.3) is 0 Å². The summed E-state index contributed by atoms with van der Waals surface area (Å²) >= 11 is 0. The molecule has 3 aromatic rings. The predicted molar refractivity (Wildman–Crippen MR) is 131 cm³/mol. The third-order valence-corrected chi connectivity index (χ3v) is 4.69. The van der Waals surface area contributed by atoms with Gasteiger partial charge in [0.2, 0.25) is 0 Å². The van der Waals surface area contributed by atoms with Crippen molar-refractivity contribution >= 4 is 23.4 Å². The molecular formula is C26H26FN3O6. The summed E-state index contributed by atoms with van der Waals surface area (Å²) in [6, 6.07) is 16.1. The Balaban J connectivity index is 1.54. The Morgan fingerprint density at radius 1 is 0.833 bits per heavy atom. The van der Waals surface area contributed by atoms with E-state index in [1.165, 1.54) is 49.6 Å². The Bertz CT molecular complexity index is 1210. The lowest BCUT2D eigenvalue weighted by molar-refractivity contribution is -0.118. The standard InChI is InChI=1S/C26H26FN3O6/c1-16(2)36-21-11-4-17(5-12-21)25(32)29-30-26(33)18-6-13-22(23(14-18)34-3)35-15-24(31)28-20-9-7-19(27)8-10-20/h4-14,16H,15H2,1-3H3,(H,28,31)(H,29,32)(H,30,33). The summed E-state index contributed by atoms with van der Waals surface area (Å²) in [4.78, 5) is 36.9. The van der Waals surface area contributed by atoms with E-state index in [4.69, 9.17) is 14.2 Å². The summed E-state index contributed by atoms with van der Waals surface area (Å²) < 4.78 is 29.3. The minimum atomic E-state index is -0.581. The van der Waals surface area contributed by atoms with Gasteiger partial charge in [-0.1, -0.05) is 0 Å². The van der Waals surface area contributed by atoms with Crippen LogP contribution in [0.5, 0.6) is 17.2 Å². The first-order chi connectivity index (χ1) is 17.2. The van der Waals surface area contributed by atoms with E-state index in [0.717, 1.165) is 0 Å². The molecule has 0 aromatic heterocycles. The van der Waals surface area contributed by atoms with Crippen molar-refractivity contribution in [1.82, 2.24) is 10.9 Å². The summed E-state index contributed by atoms with van der Waals surface area (Å²) in [5, 5.41) is 2.58. The highest BCUT2D eigenvalue weighted by Crippen LogP contribution is 2.28. The normalized spacial score (nSPS) is 10.4.